The molecule has 0 spiro atoms. The summed E-state index contributed by atoms with van der Waals surface area (Å²) in [4.78, 5) is 2.38. The third-order valence-corrected chi connectivity index (χ3v) is 2.19. The van der Waals surface area contributed by atoms with E-state index < -0.39 is 0 Å². The average Bonchev–Trinajstić information content (AvgIpc) is 2.67. The molecule has 0 aliphatic heterocycles. The zero-order chi connectivity index (χ0) is 10.2. The number of rotatable bonds is 7. The summed E-state index contributed by atoms with van der Waals surface area (Å²) >= 11 is 0. The van der Waals surface area contributed by atoms with Gasteiger partial charge in [-0.15, -0.1) is 0 Å². The molecule has 0 saturated carbocycles. The smallest absolute Gasteiger partial charge is 0.0536 e. The molecule has 0 unspecified atom stereocenters. The molecular formula is C10H20N4. The zero-order valence-electron chi connectivity index (χ0n) is 8.89. The molecule has 4 heteroatoms. The van der Waals surface area contributed by atoms with Crippen molar-refractivity contribution in [1.29, 1.82) is 0 Å². The Labute approximate surface area is 85.7 Å². The van der Waals surface area contributed by atoms with E-state index in [1.165, 1.54) is 6.42 Å². The molecule has 0 amide bonds. The zero-order valence-corrected chi connectivity index (χ0v) is 8.89. The van der Waals surface area contributed by atoms with Crippen molar-refractivity contribution >= 4 is 0 Å². The summed E-state index contributed by atoms with van der Waals surface area (Å²) in [6, 6.07) is 1.95. The van der Waals surface area contributed by atoms with Crippen molar-refractivity contribution in [3.05, 3.63) is 18.5 Å². The second-order valence-corrected chi connectivity index (χ2v) is 3.40. The molecular weight excluding hydrogens is 176 g/mol. The molecule has 14 heavy (non-hydrogen) atoms. The summed E-state index contributed by atoms with van der Waals surface area (Å²) in [5.41, 5.74) is 5.54. The quantitative estimate of drug-likeness (QED) is 0.693. The Bertz CT molecular complexity index is 214. The first-order valence-electron chi connectivity index (χ1n) is 5.26. The summed E-state index contributed by atoms with van der Waals surface area (Å²) < 4.78 is 1.96. The predicted molar refractivity (Wildman–Crippen MR) is 58.0 cm³/mol. The largest absolute Gasteiger partial charge is 0.329 e. The summed E-state index contributed by atoms with van der Waals surface area (Å²) in [6.07, 6.45) is 4.98. The predicted octanol–water partition coefficient (Wildman–Crippen LogP) is 0.554. The number of hydrogen-bond donors (Lipinski definition) is 1. The van der Waals surface area contributed by atoms with Crippen LogP contribution in [0.15, 0.2) is 18.5 Å². The van der Waals surface area contributed by atoms with Crippen LogP contribution in [0, 0.1) is 0 Å². The number of nitrogens with two attached hydrogens (primary N) is 1. The van der Waals surface area contributed by atoms with Gasteiger partial charge < -0.3 is 10.6 Å². The highest BCUT2D eigenvalue weighted by atomic mass is 15.3. The Morgan fingerprint density at radius 1 is 1.36 bits per heavy atom. The van der Waals surface area contributed by atoms with Crippen molar-refractivity contribution in [2.45, 2.75) is 19.9 Å². The molecule has 0 saturated heterocycles. The van der Waals surface area contributed by atoms with Gasteiger partial charge in [-0.1, -0.05) is 6.92 Å². The Morgan fingerprint density at radius 2 is 2.21 bits per heavy atom. The first-order valence-corrected chi connectivity index (χ1v) is 5.26. The van der Waals surface area contributed by atoms with Crippen molar-refractivity contribution in [1.82, 2.24) is 14.7 Å². The fourth-order valence-corrected chi connectivity index (χ4v) is 1.51. The van der Waals surface area contributed by atoms with Gasteiger partial charge in [0.15, 0.2) is 0 Å². The minimum absolute atomic E-state index is 0.735. The lowest BCUT2D eigenvalue weighted by molar-refractivity contribution is 0.266. The van der Waals surface area contributed by atoms with Crippen molar-refractivity contribution in [3.63, 3.8) is 0 Å². The fraction of sp³-hybridized carbons (Fsp3) is 0.700. The van der Waals surface area contributed by atoms with Crippen LogP contribution in [-0.4, -0.2) is 40.9 Å². The van der Waals surface area contributed by atoms with Crippen LogP contribution in [0.2, 0.25) is 0 Å². The molecule has 1 rings (SSSR count). The average molecular weight is 196 g/mol. The standard InChI is InChI=1S/C10H20N4/c1-2-6-13(8-4-11)9-10-14-7-3-5-12-14/h3,5,7H,2,4,6,8-11H2,1H3. The first-order chi connectivity index (χ1) is 6.86. The van der Waals surface area contributed by atoms with Gasteiger partial charge in [0.25, 0.3) is 0 Å². The Hall–Kier alpha value is -0.870. The van der Waals surface area contributed by atoms with Gasteiger partial charge >= 0.3 is 0 Å². The van der Waals surface area contributed by atoms with E-state index in [4.69, 9.17) is 5.73 Å². The monoisotopic (exact) mass is 196 g/mol. The van der Waals surface area contributed by atoms with Gasteiger partial charge in [0, 0.05) is 32.0 Å². The van der Waals surface area contributed by atoms with Crippen LogP contribution < -0.4 is 5.73 Å². The lowest BCUT2D eigenvalue weighted by atomic mass is 10.4. The minimum Gasteiger partial charge on any atom is -0.329 e. The maximum Gasteiger partial charge on any atom is 0.0536 e. The summed E-state index contributed by atoms with van der Waals surface area (Å²) in [7, 11) is 0. The molecule has 4 nitrogen and oxygen atoms in total. The summed E-state index contributed by atoms with van der Waals surface area (Å²) in [5.74, 6) is 0. The van der Waals surface area contributed by atoms with Crippen LogP contribution in [0.25, 0.3) is 0 Å². The Balaban J connectivity index is 2.25. The van der Waals surface area contributed by atoms with Gasteiger partial charge in [0.1, 0.15) is 0 Å². The van der Waals surface area contributed by atoms with Crippen molar-refractivity contribution in [2.75, 3.05) is 26.2 Å². The Kier molecular flexibility index (Phi) is 5.25. The molecule has 0 aliphatic carbocycles. The van der Waals surface area contributed by atoms with Gasteiger partial charge in [0.05, 0.1) is 6.54 Å². The Morgan fingerprint density at radius 3 is 2.79 bits per heavy atom. The molecule has 1 heterocycles. The van der Waals surface area contributed by atoms with Gasteiger partial charge in [-0.25, -0.2) is 0 Å². The molecule has 0 radical (unpaired) electrons. The normalized spacial score (nSPS) is 11.1. The van der Waals surface area contributed by atoms with Gasteiger partial charge in [-0.05, 0) is 19.0 Å². The SMILES string of the molecule is CCCN(CCN)CCn1cccn1. The van der Waals surface area contributed by atoms with Gasteiger partial charge in [-0.3, -0.25) is 4.68 Å². The van der Waals surface area contributed by atoms with E-state index in [1.807, 2.05) is 23.1 Å². The lowest BCUT2D eigenvalue weighted by Gasteiger charge is -2.20. The molecule has 0 aliphatic rings. The number of nitrogens with zero attached hydrogens (tertiary/aromatic N) is 3. The van der Waals surface area contributed by atoms with E-state index in [9.17, 15) is 0 Å². The van der Waals surface area contributed by atoms with Crippen LogP contribution in [0.1, 0.15) is 13.3 Å². The van der Waals surface area contributed by atoms with Crippen molar-refractivity contribution in [2.24, 2.45) is 5.73 Å². The molecule has 0 aromatic carbocycles. The van der Waals surface area contributed by atoms with Crippen LogP contribution >= 0.6 is 0 Å². The van der Waals surface area contributed by atoms with E-state index in [2.05, 4.69) is 16.9 Å². The lowest BCUT2D eigenvalue weighted by Crippen LogP contribution is -2.33. The van der Waals surface area contributed by atoms with E-state index in [0.717, 1.165) is 32.7 Å². The summed E-state index contributed by atoms with van der Waals surface area (Å²) in [5, 5.41) is 4.17. The molecule has 0 fully saturated rings. The number of hydrogen-bond acceptors (Lipinski definition) is 3. The molecule has 1 aromatic heterocycles. The van der Waals surface area contributed by atoms with E-state index in [-0.39, 0.29) is 0 Å². The minimum atomic E-state index is 0.735. The van der Waals surface area contributed by atoms with Gasteiger partial charge in [0.2, 0.25) is 0 Å². The van der Waals surface area contributed by atoms with Crippen LogP contribution in [0.3, 0.4) is 0 Å². The third-order valence-electron chi connectivity index (χ3n) is 2.19. The summed E-state index contributed by atoms with van der Waals surface area (Å²) in [6.45, 7) is 7.02. The number of aromatic nitrogens is 2. The molecule has 2 N–H and O–H groups in total. The topological polar surface area (TPSA) is 47.1 Å². The van der Waals surface area contributed by atoms with Crippen LogP contribution in [0.4, 0.5) is 0 Å². The fourth-order valence-electron chi connectivity index (χ4n) is 1.51. The molecule has 0 bridgehead atoms. The van der Waals surface area contributed by atoms with Crippen molar-refractivity contribution in [3.8, 4) is 0 Å². The van der Waals surface area contributed by atoms with E-state index in [0.29, 0.717) is 0 Å². The molecule has 0 atom stereocenters. The first kappa shape index (κ1) is 11.2. The second-order valence-electron chi connectivity index (χ2n) is 3.40. The maximum atomic E-state index is 5.54. The second kappa shape index (κ2) is 6.56. The highest BCUT2D eigenvalue weighted by Gasteiger charge is 2.02. The highest BCUT2D eigenvalue weighted by Crippen LogP contribution is 1.92. The van der Waals surface area contributed by atoms with Crippen molar-refractivity contribution < 1.29 is 0 Å². The maximum absolute atomic E-state index is 5.54. The molecule has 80 valence electrons. The van der Waals surface area contributed by atoms with Crippen LogP contribution in [0.5, 0.6) is 0 Å². The third kappa shape index (κ3) is 3.89. The van der Waals surface area contributed by atoms with Gasteiger partial charge in [-0.2, -0.15) is 5.10 Å². The highest BCUT2D eigenvalue weighted by molar-refractivity contribution is 4.77. The molecule has 1 aromatic rings. The van der Waals surface area contributed by atoms with E-state index >= 15 is 0 Å². The van der Waals surface area contributed by atoms with E-state index in [1.54, 1.807) is 0 Å². The van der Waals surface area contributed by atoms with Crippen LogP contribution in [-0.2, 0) is 6.54 Å².